The normalized spacial score (nSPS) is 17.5. The largest absolute Gasteiger partial charge is 0.497 e. The lowest BCUT2D eigenvalue weighted by molar-refractivity contribution is 0.127. The Morgan fingerprint density at radius 3 is 2.54 bits per heavy atom. The number of hydrogen-bond donors (Lipinski definition) is 1. The average Bonchev–Trinajstić information content (AvgIpc) is 2.61. The smallest absolute Gasteiger partial charge is 0.118 e. The number of aliphatic hydroxyl groups excluding tert-OH is 1. The van der Waals surface area contributed by atoms with Crippen LogP contribution in [0, 0.1) is 0 Å². The molecular formula is C20H32N2O2. The van der Waals surface area contributed by atoms with Crippen molar-refractivity contribution in [2.75, 3.05) is 46.9 Å². The molecule has 4 nitrogen and oxygen atoms in total. The van der Waals surface area contributed by atoms with E-state index < -0.39 is 0 Å². The van der Waals surface area contributed by atoms with Gasteiger partial charge in [0.1, 0.15) is 5.75 Å². The van der Waals surface area contributed by atoms with Gasteiger partial charge in [-0.1, -0.05) is 23.8 Å². The van der Waals surface area contributed by atoms with Gasteiger partial charge in [0, 0.05) is 25.7 Å². The Balaban J connectivity index is 1.78. The predicted octanol–water partition coefficient (Wildman–Crippen LogP) is 2.88. The molecule has 0 unspecified atom stereocenters. The highest BCUT2D eigenvalue weighted by Gasteiger charge is 2.21. The molecule has 1 aliphatic rings. The first-order valence-electron chi connectivity index (χ1n) is 8.97. The molecule has 1 heterocycles. The maximum atomic E-state index is 8.96. The van der Waals surface area contributed by atoms with Crippen LogP contribution in [0.4, 0.5) is 0 Å². The number of piperidine rings is 1. The van der Waals surface area contributed by atoms with Crippen LogP contribution in [0.15, 0.2) is 29.8 Å². The van der Waals surface area contributed by atoms with Crippen LogP contribution in [0.3, 0.4) is 0 Å². The summed E-state index contributed by atoms with van der Waals surface area (Å²) in [5.74, 6) is 0.900. The minimum absolute atomic E-state index is 0.290. The Bertz CT molecular complexity index is 505. The van der Waals surface area contributed by atoms with Crippen LogP contribution in [-0.2, 0) is 0 Å². The van der Waals surface area contributed by atoms with Crippen LogP contribution in [0.5, 0.6) is 5.75 Å². The monoisotopic (exact) mass is 332 g/mol. The van der Waals surface area contributed by atoms with E-state index in [9.17, 15) is 0 Å². The summed E-state index contributed by atoms with van der Waals surface area (Å²) in [6.07, 6.45) is 5.58. The Morgan fingerprint density at radius 2 is 1.96 bits per heavy atom. The predicted molar refractivity (Wildman–Crippen MR) is 100 cm³/mol. The van der Waals surface area contributed by atoms with Crippen molar-refractivity contribution in [2.24, 2.45) is 0 Å². The topological polar surface area (TPSA) is 35.9 Å². The quantitative estimate of drug-likeness (QED) is 0.794. The van der Waals surface area contributed by atoms with Crippen LogP contribution >= 0.6 is 0 Å². The van der Waals surface area contributed by atoms with Crippen molar-refractivity contribution in [1.29, 1.82) is 0 Å². The fourth-order valence-corrected chi connectivity index (χ4v) is 3.40. The number of benzene rings is 1. The molecule has 0 saturated carbocycles. The molecule has 1 fully saturated rings. The van der Waals surface area contributed by atoms with E-state index >= 15 is 0 Å². The van der Waals surface area contributed by atoms with Gasteiger partial charge in [0.25, 0.3) is 0 Å². The van der Waals surface area contributed by atoms with Crippen molar-refractivity contribution < 1.29 is 9.84 Å². The fraction of sp³-hybridized carbons (Fsp3) is 0.600. The number of likely N-dealkylation sites (tertiary alicyclic amines) is 1. The van der Waals surface area contributed by atoms with Gasteiger partial charge in [0.05, 0.1) is 7.11 Å². The number of hydrogen-bond acceptors (Lipinski definition) is 4. The molecule has 0 aliphatic carbocycles. The molecule has 1 aliphatic heterocycles. The number of nitrogens with zero attached hydrogens (tertiary/aromatic N) is 2. The number of ether oxygens (including phenoxy) is 1. The molecule has 0 bridgehead atoms. The van der Waals surface area contributed by atoms with Gasteiger partial charge < -0.3 is 14.7 Å². The van der Waals surface area contributed by atoms with E-state index in [-0.39, 0.29) is 0 Å². The molecule has 1 aromatic carbocycles. The van der Waals surface area contributed by atoms with E-state index in [1.54, 1.807) is 7.11 Å². The Hall–Kier alpha value is -1.36. The minimum Gasteiger partial charge on any atom is -0.497 e. The lowest BCUT2D eigenvalue weighted by atomic mass is 10.0. The maximum absolute atomic E-state index is 8.96. The zero-order valence-corrected chi connectivity index (χ0v) is 15.4. The van der Waals surface area contributed by atoms with Crippen LogP contribution in [-0.4, -0.2) is 67.9 Å². The molecule has 0 amide bonds. The summed E-state index contributed by atoms with van der Waals surface area (Å²) >= 11 is 0. The van der Waals surface area contributed by atoms with Gasteiger partial charge in [-0.2, -0.15) is 0 Å². The van der Waals surface area contributed by atoms with E-state index in [2.05, 4.69) is 42.0 Å². The van der Waals surface area contributed by atoms with E-state index in [0.717, 1.165) is 38.3 Å². The van der Waals surface area contributed by atoms with Crippen LogP contribution < -0.4 is 4.74 Å². The number of methoxy groups -OCH3 is 1. The first-order valence-corrected chi connectivity index (χ1v) is 8.97. The van der Waals surface area contributed by atoms with Crippen LogP contribution in [0.25, 0.3) is 6.08 Å². The summed E-state index contributed by atoms with van der Waals surface area (Å²) in [5, 5.41) is 8.96. The Kier molecular flexibility index (Phi) is 7.76. The molecule has 0 spiro atoms. The highest BCUT2D eigenvalue weighted by atomic mass is 16.5. The average molecular weight is 332 g/mol. The van der Waals surface area contributed by atoms with E-state index in [1.165, 1.54) is 24.0 Å². The summed E-state index contributed by atoms with van der Waals surface area (Å²) in [5.41, 5.74) is 2.62. The van der Waals surface area contributed by atoms with Crippen molar-refractivity contribution in [1.82, 2.24) is 9.80 Å². The second-order valence-corrected chi connectivity index (χ2v) is 6.83. The molecule has 1 aromatic rings. The summed E-state index contributed by atoms with van der Waals surface area (Å²) in [6.45, 7) is 6.85. The van der Waals surface area contributed by atoms with Crippen molar-refractivity contribution in [2.45, 2.75) is 32.2 Å². The molecule has 134 valence electrons. The van der Waals surface area contributed by atoms with E-state index in [1.807, 2.05) is 12.1 Å². The molecule has 0 aromatic heterocycles. The van der Waals surface area contributed by atoms with Gasteiger partial charge in [0.2, 0.25) is 0 Å². The van der Waals surface area contributed by atoms with Crippen molar-refractivity contribution in [3.8, 4) is 5.75 Å². The zero-order valence-electron chi connectivity index (χ0n) is 15.4. The highest BCUT2D eigenvalue weighted by Crippen LogP contribution is 2.18. The van der Waals surface area contributed by atoms with Gasteiger partial charge in [-0.25, -0.2) is 0 Å². The third-order valence-corrected chi connectivity index (χ3v) is 4.85. The molecule has 0 radical (unpaired) electrons. The van der Waals surface area contributed by atoms with E-state index in [0.29, 0.717) is 12.6 Å². The van der Waals surface area contributed by atoms with Crippen LogP contribution in [0.1, 0.15) is 31.7 Å². The number of aliphatic hydroxyl groups is 1. The Morgan fingerprint density at radius 1 is 1.29 bits per heavy atom. The van der Waals surface area contributed by atoms with Crippen molar-refractivity contribution >= 4 is 6.08 Å². The lowest BCUT2D eigenvalue weighted by Gasteiger charge is -2.36. The standard InChI is InChI=1S/C20H32N2O2/c1-17(15-18-5-7-20(24-3)8-6-18)16-22-12-9-19(10-13-22)21(2)11-4-14-23/h5-8,15,19,23H,4,9-14,16H2,1-3H3/b17-15-. The lowest BCUT2D eigenvalue weighted by Crippen LogP contribution is -2.44. The highest BCUT2D eigenvalue weighted by molar-refractivity contribution is 5.53. The van der Waals surface area contributed by atoms with Gasteiger partial charge in [-0.05, 0) is 64.0 Å². The minimum atomic E-state index is 0.290. The second-order valence-electron chi connectivity index (χ2n) is 6.83. The molecule has 4 heteroatoms. The molecule has 24 heavy (non-hydrogen) atoms. The van der Waals surface area contributed by atoms with Crippen molar-refractivity contribution in [3.63, 3.8) is 0 Å². The zero-order chi connectivity index (χ0) is 17.4. The van der Waals surface area contributed by atoms with Gasteiger partial charge in [0.15, 0.2) is 0 Å². The molecule has 1 N–H and O–H groups in total. The van der Waals surface area contributed by atoms with Gasteiger partial charge >= 0.3 is 0 Å². The first-order chi connectivity index (χ1) is 11.6. The molecule has 0 atom stereocenters. The van der Waals surface area contributed by atoms with E-state index in [4.69, 9.17) is 9.84 Å². The maximum Gasteiger partial charge on any atom is 0.118 e. The second kappa shape index (κ2) is 9.82. The molecule has 2 rings (SSSR count). The third kappa shape index (κ3) is 5.93. The fourth-order valence-electron chi connectivity index (χ4n) is 3.40. The summed E-state index contributed by atoms with van der Waals surface area (Å²) in [6, 6.07) is 8.88. The third-order valence-electron chi connectivity index (χ3n) is 4.85. The summed E-state index contributed by atoms with van der Waals surface area (Å²) in [4.78, 5) is 4.96. The molecule has 1 saturated heterocycles. The van der Waals surface area contributed by atoms with Crippen LogP contribution in [0.2, 0.25) is 0 Å². The molecular weight excluding hydrogens is 300 g/mol. The van der Waals surface area contributed by atoms with Crippen molar-refractivity contribution in [3.05, 3.63) is 35.4 Å². The van der Waals surface area contributed by atoms with Gasteiger partial charge in [-0.3, -0.25) is 4.90 Å². The van der Waals surface area contributed by atoms with Gasteiger partial charge in [-0.15, -0.1) is 0 Å². The summed E-state index contributed by atoms with van der Waals surface area (Å²) < 4.78 is 5.20. The number of rotatable bonds is 8. The summed E-state index contributed by atoms with van der Waals surface area (Å²) in [7, 11) is 3.88. The first kappa shape index (κ1) is 19.0. The Labute approximate surface area is 146 Å². The SMILES string of the molecule is COc1ccc(/C=C(/C)CN2CCC(N(C)CCCO)CC2)cc1.